The smallest absolute Gasteiger partial charge is 0.255 e. The molecule has 0 spiro atoms. The van der Waals surface area contributed by atoms with Crippen LogP contribution in [0.15, 0.2) is 18.2 Å². The molecule has 1 amide bonds. The molecule has 1 aromatic carbocycles. The van der Waals surface area contributed by atoms with E-state index >= 15 is 0 Å². The van der Waals surface area contributed by atoms with E-state index < -0.39 is 6.04 Å². The molecule has 4 nitrogen and oxygen atoms in total. The van der Waals surface area contributed by atoms with Crippen LogP contribution in [0.5, 0.6) is 0 Å². The van der Waals surface area contributed by atoms with Gasteiger partial charge in [0.2, 0.25) is 0 Å². The Balaban J connectivity index is 2.29. The van der Waals surface area contributed by atoms with Crippen LogP contribution in [-0.4, -0.2) is 31.4 Å². The maximum absolute atomic E-state index is 12.4. The van der Waals surface area contributed by atoms with Crippen molar-refractivity contribution in [1.82, 2.24) is 4.90 Å². The number of carbonyl (C=O) groups excluding carboxylic acids is 1. The molecule has 0 bridgehead atoms. The van der Waals surface area contributed by atoms with Crippen molar-refractivity contribution in [3.63, 3.8) is 0 Å². The Labute approximate surface area is 120 Å². The maximum atomic E-state index is 12.4. The standard InChI is InChI=1S/C16H21N3O/c1-4-5-6-9-19-15(11-17)14-10-12(18(2)3)7-8-13(14)16(19)20/h7-8,10,15H,4-6,9H2,1-3H3. The Morgan fingerprint density at radius 2 is 2.10 bits per heavy atom. The summed E-state index contributed by atoms with van der Waals surface area (Å²) in [5.74, 6) is -0.00652. The normalized spacial score (nSPS) is 17.0. The molecule has 1 aliphatic rings. The number of benzene rings is 1. The van der Waals surface area contributed by atoms with E-state index in [1.54, 1.807) is 4.90 Å². The van der Waals surface area contributed by atoms with Crippen molar-refractivity contribution in [3.8, 4) is 6.07 Å². The third kappa shape index (κ3) is 2.49. The van der Waals surface area contributed by atoms with Gasteiger partial charge in [0.1, 0.15) is 6.04 Å². The summed E-state index contributed by atoms with van der Waals surface area (Å²) in [4.78, 5) is 16.1. The molecule has 0 aromatic heterocycles. The second kappa shape index (κ2) is 5.96. The fourth-order valence-corrected chi connectivity index (χ4v) is 2.59. The first kappa shape index (κ1) is 14.4. The number of unbranched alkanes of at least 4 members (excludes halogenated alkanes) is 2. The summed E-state index contributed by atoms with van der Waals surface area (Å²) >= 11 is 0. The quantitative estimate of drug-likeness (QED) is 0.773. The molecular formula is C16H21N3O. The SMILES string of the molecule is CCCCCN1C(=O)c2ccc(N(C)C)cc2C1C#N. The van der Waals surface area contributed by atoms with Crippen LogP contribution in [0, 0.1) is 11.3 Å². The molecule has 1 aromatic rings. The Morgan fingerprint density at radius 3 is 2.70 bits per heavy atom. The molecular weight excluding hydrogens is 250 g/mol. The van der Waals surface area contributed by atoms with Gasteiger partial charge in [-0.25, -0.2) is 0 Å². The molecule has 1 atom stereocenters. The molecule has 106 valence electrons. The minimum absolute atomic E-state index is 0.00652. The molecule has 0 aliphatic carbocycles. The molecule has 4 heteroatoms. The van der Waals surface area contributed by atoms with E-state index in [9.17, 15) is 10.1 Å². The molecule has 0 radical (unpaired) electrons. The molecule has 1 unspecified atom stereocenters. The molecule has 1 aliphatic heterocycles. The largest absolute Gasteiger partial charge is 0.378 e. The zero-order chi connectivity index (χ0) is 14.7. The number of hydrogen-bond acceptors (Lipinski definition) is 3. The summed E-state index contributed by atoms with van der Waals surface area (Å²) in [6.07, 6.45) is 3.15. The number of carbonyl (C=O) groups is 1. The van der Waals surface area contributed by atoms with Gasteiger partial charge in [0.15, 0.2) is 0 Å². The number of nitriles is 1. The number of anilines is 1. The average molecular weight is 271 g/mol. The first-order valence-corrected chi connectivity index (χ1v) is 7.12. The van der Waals surface area contributed by atoms with Crippen LogP contribution in [0.2, 0.25) is 0 Å². The highest BCUT2D eigenvalue weighted by atomic mass is 16.2. The lowest BCUT2D eigenvalue weighted by molar-refractivity contribution is 0.0754. The lowest BCUT2D eigenvalue weighted by Crippen LogP contribution is -2.28. The number of amides is 1. The lowest BCUT2D eigenvalue weighted by Gasteiger charge is -2.20. The molecule has 20 heavy (non-hydrogen) atoms. The summed E-state index contributed by atoms with van der Waals surface area (Å²) in [5, 5.41) is 9.43. The van der Waals surface area contributed by atoms with Gasteiger partial charge in [-0.3, -0.25) is 4.79 Å². The fourth-order valence-electron chi connectivity index (χ4n) is 2.59. The Kier molecular flexibility index (Phi) is 4.29. The van der Waals surface area contributed by atoms with Crippen LogP contribution in [0.1, 0.15) is 48.1 Å². The maximum Gasteiger partial charge on any atom is 0.255 e. The molecule has 0 saturated carbocycles. The summed E-state index contributed by atoms with van der Waals surface area (Å²) in [5.41, 5.74) is 2.55. The van der Waals surface area contributed by atoms with Crippen LogP contribution >= 0.6 is 0 Å². The Morgan fingerprint density at radius 1 is 1.35 bits per heavy atom. The number of rotatable bonds is 5. The van der Waals surface area contributed by atoms with Gasteiger partial charge in [0.05, 0.1) is 6.07 Å². The number of nitrogens with zero attached hydrogens (tertiary/aromatic N) is 3. The predicted octanol–water partition coefficient (Wildman–Crippen LogP) is 2.96. The van der Waals surface area contributed by atoms with Crippen LogP contribution < -0.4 is 4.90 Å². The second-order valence-corrected chi connectivity index (χ2v) is 5.40. The van der Waals surface area contributed by atoms with Crippen molar-refractivity contribution in [2.24, 2.45) is 0 Å². The summed E-state index contributed by atoms with van der Waals surface area (Å²) in [7, 11) is 3.91. The van der Waals surface area contributed by atoms with Crippen molar-refractivity contribution in [2.45, 2.75) is 32.2 Å². The highest BCUT2D eigenvalue weighted by molar-refractivity contribution is 6.00. The van der Waals surface area contributed by atoms with Gasteiger partial charge in [0, 0.05) is 37.5 Å². The van der Waals surface area contributed by atoms with Crippen molar-refractivity contribution < 1.29 is 4.79 Å². The highest BCUT2D eigenvalue weighted by Crippen LogP contribution is 2.35. The number of fused-ring (bicyclic) bond motifs is 1. The van der Waals surface area contributed by atoms with Crippen molar-refractivity contribution in [1.29, 1.82) is 5.26 Å². The first-order chi connectivity index (χ1) is 9.60. The van der Waals surface area contributed by atoms with E-state index in [0.717, 1.165) is 30.5 Å². The summed E-state index contributed by atoms with van der Waals surface area (Å²) in [6, 6.07) is 7.58. The third-order valence-electron chi connectivity index (χ3n) is 3.77. The monoisotopic (exact) mass is 271 g/mol. The van der Waals surface area contributed by atoms with Crippen LogP contribution in [0.25, 0.3) is 0 Å². The van der Waals surface area contributed by atoms with Crippen LogP contribution in [0.3, 0.4) is 0 Å². The topological polar surface area (TPSA) is 47.3 Å². The zero-order valence-corrected chi connectivity index (χ0v) is 12.4. The van der Waals surface area contributed by atoms with E-state index in [1.165, 1.54) is 0 Å². The van der Waals surface area contributed by atoms with E-state index in [1.807, 2.05) is 37.2 Å². The molecule has 2 rings (SSSR count). The minimum atomic E-state index is -0.436. The van der Waals surface area contributed by atoms with E-state index in [4.69, 9.17) is 0 Å². The molecule has 0 fully saturated rings. The van der Waals surface area contributed by atoms with Gasteiger partial charge in [-0.1, -0.05) is 19.8 Å². The third-order valence-corrected chi connectivity index (χ3v) is 3.77. The van der Waals surface area contributed by atoms with E-state index in [2.05, 4.69) is 13.0 Å². The average Bonchev–Trinajstić information content (AvgIpc) is 2.71. The number of hydrogen-bond donors (Lipinski definition) is 0. The van der Waals surface area contributed by atoms with Gasteiger partial charge < -0.3 is 9.80 Å². The van der Waals surface area contributed by atoms with Gasteiger partial charge in [0.25, 0.3) is 5.91 Å². The van der Waals surface area contributed by atoms with Crippen LogP contribution in [0.4, 0.5) is 5.69 Å². The summed E-state index contributed by atoms with van der Waals surface area (Å²) in [6.45, 7) is 2.79. The Bertz CT molecular complexity index is 545. The molecule has 0 N–H and O–H groups in total. The van der Waals surface area contributed by atoms with Gasteiger partial charge in [-0.2, -0.15) is 5.26 Å². The molecule has 1 heterocycles. The predicted molar refractivity (Wildman–Crippen MR) is 79.7 cm³/mol. The fraction of sp³-hybridized carbons (Fsp3) is 0.500. The molecule has 0 saturated heterocycles. The van der Waals surface area contributed by atoms with E-state index in [-0.39, 0.29) is 5.91 Å². The second-order valence-electron chi connectivity index (χ2n) is 5.40. The van der Waals surface area contributed by atoms with E-state index in [0.29, 0.717) is 12.1 Å². The van der Waals surface area contributed by atoms with Crippen molar-refractivity contribution in [3.05, 3.63) is 29.3 Å². The Hall–Kier alpha value is -2.02. The van der Waals surface area contributed by atoms with Gasteiger partial charge >= 0.3 is 0 Å². The summed E-state index contributed by atoms with van der Waals surface area (Å²) < 4.78 is 0. The zero-order valence-electron chi connectivity index (χ0n) is 12.4. The highest BCUT2D eigenvalue weighted by Gasteiger charge is 2.36. The van der Waals surface area contributed by atoms with Crippen molar-refractivity contribution in [2.75, 3.05) is 25.5 Å². The first-order valence-electron chi connectivity index (χ1n) is 7.12. The lowest BCUT2D eigenvalue weighted by atomic mass is 10.0. The van der Waals surface area contributed by atoms with Gasteiger partial charge in [-0.15, -0.1) is 0 Å². The minimum Gasteiger partial charge on any atom is -0.378 e. The van der Waals surface area contributed by atoms with Crippen LogP contribution in [-0.2, 0) is 0 Å². The van der Waals surface area contributed by atoms with Gasteiger partial charge in [-0.05, 0) is 24.6 Å². The van der Waals surface area contributed by atoms with Crippen molar-refractivity contribution >= 4 is 11.6 Å².